The Bertz CT molecular complexity index is 1500. The van der Waals surface area contributed by atoms with Crippen LogP contribution >= 0.6 is 11.6 Å². The number of fused-ring (bicyclic) bond motifs is 1. The monoisotopic (exact) mass is 599 g/mol. The van der Waals surface area contributed by atoms with Crippen molar-refractivity contribution in [3.63, 3.8) is 0 Å². The van der Waals surface area contributed by atoms with Crippen LogP contribution in [-0.2, 0) is 26.2 Å². The molecule has 3 aromatic carbocycles. The van der Waals surface area contributed by atoms with Gasteiger partial charge in [-0.15, -0.1) is 13.2 Å². The second kappa shape index (κ2) is 13.5. The van der Waals surface area contributed by atoms with Crippen molar-refractivity contribution in [2.45, 2.75) is 39.0 Å². The minimum Gasteiger partial charge on any atom is -0.406 e. The van der Waals surface area contributed by atoms with Gasteiger partial charge in [0.25, 0.3) is 0 Å². The topological polar surface area (TPSA) is 58.7 Å². The summed E-state index contributed by atoms with van der Waals surface area (Å²) in [5.74, 6) is -0.224. The number of halogens is 4. The maximum atomic E-state index is 12.9. The summed E-state index contributed by atoms with van der Waals surface area (Å²) in [7, 11) is 1.78. The van der Waals surface area contributed by atoms with E-state index in [1.165, 1.54) is 17.7 Å². The first-order valence-electron chi connectivity index (χ1n) is 14.3. The highest BCUT2D eigenvalue weighted by Gasteiger charge is 2.31. The molecule has 3 N–H and O–H groups in total. The molecule has 1 saturated heterocycles. The SMILES string of the molecule is CNCc1cc(OC(F)(F)F)ccc1-c1cn(CCCN)c2ccc(CN3CCN(Cc4ccccc4Cl)CC3)cc12. The lowest BCUT2D eigenvalue weighted by atomic mass is 9.97. The van der Waals surface area contributed by atoms with Crippen LogP contribution in [0.3, 0.4) is 0 Å². The van der Waals surface area contributed by atoms with Gasteiger partial charge in [-0.25, -0.2) is 0 Å². The molecule has 1 aliphatic heterocycles. The first-order chi connectivity index (χ1) is 20.2. The molecule has 10 heteroatoms. The zero-order valence-corrected chi connectivity index (χ0v) is 24.5. The largest absolute Gasteiger partial charge is 0.573 e. The molecule has 0 radical (unpaired) electrons. The van der Waals surface area contributed by atoms with E-state index in [0.29, 0.717) is 13.1 Å². The van der Waals surface area contributed by atoms with Crippen molar-refractivity contribution < 1.29 is 17.9 Å². The Balaban J connectivity index is 1.39. The van der Waals surface area contributed by atoms with E-state index in [0.717, 1.165) is 90.4 Å². The van der Waals surface area contributed by atoms with Crippen molar-refractivity contribution >= 4 is 22.5 Å². The Morgan fingerprint density at radius 1 is 0.905 bits per heavy atom. The third-order valence-electron chi connectivity index (χ3n) is 7.74. The minimum atomic E-state index is -4.74. The molecule has 4 aromatic rings. The fourth-order valence-electron chi connectivity index (χ4n) is 5.70. The smallest absolute Gasteiger partial charge is 0.406 e. The molecule has 0 atom stereocenters. The molecule has 1 aromatic heterocycles. The lowest BCUT2D eigenvalue weighted by Gasteiger charge is -2.35. The number of ether oxygens (including phenoxy) is 1. The molecule has 0 saturated carbocycles. The third kappa shape index (κ3) is 7.46. The second-order valence-electron chi connectivity index (χ2n) is 10.8. The van der Waals surface area contributed by atoms with Crippen LogP contribution in [0, 0.1) is 0 Å². The predicted octanol–water partition coefficient (Wildman–Crippen LogP) is 6.25. The Morgan fingerprint density at radius 2 is 1.64 bits per heavy atom. The van der Waals surface area contributed by atoms with Gasteiger partial charge in [0.1, 0.15) is 5.75 Å². The Morgan fingerprint density at radius 3 is 2.33 bits per heavy atom. The highest BCUT2D eigenvalue weighted by Crippen LogP contribution is 2.36. The van der Waals surface area contributed by atoms with Gasteiger partial charge in [-0.05, 0) is 72.6 Å². The van der Waals surface area contributed by atoms with Gasteiger partial charge in [0, 0.05) is 80.0 Å². The third-order valence-corrected chi connectivity index (χ3v) is 8.11. The summed E-state index contributed by atoms with van der Waals surface area (Å²) >= 11 is 6.37. The zero-order chi connectivity index (χ0) is 29.7. The molecule has 0 aliphatic carbocycles. The summed E-state index contributed by atoms with van der Waals surface area (Å²) in [6.45, 7) is 7.26. The number of aryl methyl sites for hydroxylation is 1. The van der Waals surface area contributed by atoms with Crippen LogP contribution < -0.4 is 15.8 Å². The van der Waals surface area contributed by atoms with Crippen LogP contribution in [-0.4, -0.2) is 60.5 Å². The molecule has 0 spiro atoms. The van der Waals surface area contributed by atoms with Crippen molar-refractivity contribution in [3.8, 4) is 16.9 Å². The van der Waals surface area contributed by atoms with Gasteiger partial charge in [-0.2, -0.15) is 0 Å². The molecule has 0 unspecified atom stereocenters. The summed E-state index contributed by atoms with van der Waals surface area (Å²) in [5, 5.41) is 4.96. The summed E-state index contributed by atoms with van der Waals surface area (Å²) in [4.78, 5) is 4.90. The quantitative estimate of drug-likeness (QED) is 0.214. The van der Waals surface area contributed by atoms with Crippen molar-refractivity contribution in [2.24, 2.45) is 5.73 Å². The highest BCUT2D eigenvalue weighted by molar-refractivity contribution is 6.31. The average Bonchev–Trinajstić information content (AvgIpc) is 3.31. The molecule has 224 valence electrons. The summed E-state index contributed by atoms with van der Waals surface area (Å²) < 4.78 is 45.2. The molecular formula is C32H37ClF3N5O. The first kappa shape index (κ1) is 30.4. The van der Waals surface area contributed by atoms with Gasteiger partial charge in [0.05, 0.1) is 0 Å². The molecule has 6 nitrogen and oxygen atoms in total. The summed E-state index contributed by atoms with van der Waals surface area (Å²) in [5.41, 5.74) is 11.8. The van der Waals surface area contributed by atoms with Gasteiger partial charge in [0.15, 0.2) is 0 Å². The number of nitrogens with zero attached hydrogens (tertiary/aromatic N) is 3. The van der Waals surface area contributed by atoms with E-state index >= 15 is 0 Å². The number of nitrogens with two attached hydrogens (primary N) is 1. The number of aromatic nitrogens is 1. The molecule has 42 heavy (non-hydrogen) atoms. The van der Waals surface area contributed by atoms with Gasteiger partial charge in [-0.1, -0.05) is 41.9 Å². The van der Waals surface area contributed by atoms with E-state index in [1.807, 2.05) is 18.2 Å². The van der Waals surface area contributed by atoms with Crippen molar-refractivity contribution in [2.75, 3.05) is 39.8 Å². The standard InChI is InChI=1S/C32H37ClF3N5O/c1-38-19-25-18-26(42-32(34,35)36)8-9-27(25)29-22-41(12-4-11-37)31-10-7-23(17-28(29)31)20-39-13-15-40(16-14-39)21-24-5-2-3-6-30(24)33/h2-3,5-10,17-18,22,38H,4,11-16,19-21,37H2,1H3. The summed E-state index contributed by atoms with van der Waals surface area (Å²) in [6, 6.07) is 19.1. The van der Waals surface area contributed by atoms with Gasteiger partial charge >= 0.3 is 6.36 Å². The van der Waals surface area contributed by atoms with Crippen molar-refractivity contribution in [1.82, 2.24) is 19.7 Å². The maximum absolute atomic E-state index is 12.9. The van der Waals surface area contributed by atoms with Crippen LogP contribution in [0.1, 0.15) is 23.1 Å². The highest BCUT2D eigenvalue weighted by atomic mass is 35.5. The number of rotatable bonds is 11. The number of hydrogen-bond donors (Lipinski definition) is 2. The fraction of sp³-hybridized carbons (Fsp3) is 0.375. The van der Waals surface area contributed by atoms with Crippen LogP contribution in [0.15, 0.2) is 66.9 Å². The van der Waals surface area contributed by atoms with Gasteiger partial charge in [0.2, 0.25) is 0 Å². The van der Waals surface area contributed by atoms with Crippen LogP contribution in [0.4, 0.5) is 13.2 Å². The van der Waals surface area contributed by atoms with Crippen LogP contribution in [0.2, 0.25) is 5.02 Å². The Labute approximate surface area is 249 Å². The molecule has 1 fully saturated rings. The lowest BCUT2D eigenvalue weighted by molar-refractivity contribution is -0.274. The van der Waals surface area contributed by atoms with E-state index < -0.39 is 6.36 Å². The Hall–Kier alpha value is -3.08. The van der Waals surface area contributed by atoms with Crippen LogP contribution in [0.5, 0.6) is 5.75 Å². The van der Waals surface area contributed by atoms with Crippen LogP contribution in [0.25, 0.3) is 22.0 Å². The normalized spacial score (nSPS) is 15.0. The molecule has 0 bridgehead atoms. The predicted molar refractivity (Wildman–Crippen MR) is 162 cm³/mol. The number of nitrogens with one attached hydrogen (secondary N) is 1. The number of alkyl halides is 3. The van der Waals surface area contributed by atoms with Gasteiger partial charge in [-0.3, -0.25) is 9.80 Å². The Kier molecular flexibility index (Phi) is 9.75. The van der Waals surface area contributed by atoms with E-state index in [9.17, 15) is 13.2 Å². The second-order valence-corrected chi connectivity index (χ2v) is 11.2. The summed E-state index contributed by atoms with van der Waals surface area (Å²) in [6.07, 6.45) is -1.83. The minimum absolute atomic E-state index is 0.224. The molecule has 2 heterocycles. The van der Waals surface area contributed by atoms with E-state index in [1.54, 1.807) is 13.1 Å². The molecule has 0 amide bonds. The lowest BCUT2D eigenvalue weighted by Crippen LogP contribution is -2.45. The zero-order valence-electron chi connectivity index (χ0n) is 23.8. The molecule has 1 aliphatic rings. The fourth-order valence-corrected chi connectivity index (χ4v) is 5.90. The average molecular weight is 600 g/mol. The molecular weight excluding hydrogens is 563 g/mol. The number of piperazine rings is 1. The molecule has 5 rings (SSSR count). The van der Waals surface area contributed by atoms with Crippen molar-refractivity contribution in [3.05, 3.63) is 88.6 Å². The van der Waals surface area contributed by atoms with Crippen molar-refractivity contribution in [1.29, 1.82) is 0 Å². The maximum Gasteiger partial charge on any atom is 0.573 e. The van der Waals surface area contributed by atoms with E-state index in [2.05, 4.69) is 54.9 Å². The first-order valence-corrected chi connectivity index (χ1v) is 14.7. The number of benzene rings is 3. The van der Waals surface area contributed by atoms with Gasteiger partial charge < -0.3 is 20.4 Å². The van der Waals surface area contributed by atoms with E-state index in [4.69, 9.17) is 17.3 Å². The number of hydrogen-bond acceptors (Lipinski definition) is 5. The van der Waals surface area contributed by atoms with E-state index in [-0.39, 0.29) is 5.75 Å².